The summed E-state index contributed by atoms with van der Waals surface area (Å²) in [7, 11) is 0. The van der Waals surface area contributed by atoms with Crippen LogP contribution in [-0.4, -0.2) is 4.98 Å². The van der Waals surface area contributed by atoms with Crippen molar-refractivity contribution in [2.75, 3.05) is 5.32 Å². The number of aryl methyl sites for hydroxylation is 2. The van der Waals surface area contributed by atoms with Gasteiger partial charge in [0, 0.05) is 9.58 Å². The summed E-state index contributed by atoms with van der Waals surface area (Å²) in [6.45, 7) is 6.44. The Morgan fingerprint density at radius 3 is 2.62 bits per heavy atom. The number of aromatic nitrogens is 1. The van der Waals surface area contributed by atoms with Crippen molar-refractivity contribution in [2.24, 2.45) is 0 Å². The predicted octanol–water partition coefficient (Wildman–Crippen LogP) is 5.85. The van der Waals surface area contributed by atoms with E-state index in [4.69, 9.17) is 0 Å². The molecule has 1 N–H and O–H groups in total. The van der Waals surface area contributed by atoms with E-state index in [-0.39, 0.29) is 6.04 Å². The number of pyridine rings is 1. The van der Waals surface area contributed by atoms with Gasteiger partial charge < -0.3 is 5.32 Å². The minimum Gasteiger partial charge on any atom is -0.376 e. The lowest BCUT2D eigenvalue weighted by Crippen LogP contribution is -2.07. The molecule has 0 spiro atoms. The predicted molar refractivity (Wildman–Crippen MR) is 95.3 cm³/mol. The van der Waals surface area contributed by atoms with Crippen LogP contribution in [0.15, 0.2) is 41.0 Å². The first-order valence-electron chi connectivity index (χ1n) is 6.94. The highest BCUT2D eigenvalue weighted by Crippen LogP contribution is 2.36. The molecule has 0 aliphatic rings. The SMILES string of the molecule is Cc1nc(Br)ccc1NC(C)c1sc2ccccc2c1C. The summed E-state index contributed by atoms with van der Waals surface area (Å²) in [5, 5.41) is 4.94. The van der Waals surface area contributed by atoms with Gasteiger partial charge in [0.05, 0.1) is 17.4 Å². The van der Waals surface area contributed by atoms with Gasteiger partial charge in [-0.1, -0.05) is 18.2 Å². The number of fused-ring (bicyclic) bond motifs is 1. The summed E-state index contributed by atoms with van der Waals surface area (Å²) >= 11 is 5.27. The second-order valence-corrected chi connectivity index (χ2v) is 7.12. The van der Waals surface area contributed by atoms with Gasteiger partial charge >= 0.3 is 0 Å². The van der Waals surface area contributed by atoms with Crippen LogP contribution in [0.1, 0.15) is 29.1 Å². The van der Waals surface area contributed by atoms with E-state index in [1.165, 1.54) is 20.5 Å². The van der Waals surface area contributed by atoms with E-state index in [0.29, 0.717) is 0 Å². The first kappa shape index (κ1) is 14.5. The lowest BCUT2D eigenvalue weighted by atomic mass is 10.1. The Bertz CT molecular complexity index is 795. The Morgan fingerprint density at radius 2 is 1.90 bits per heavy atom. The second kappa shape index (κ2) is 5.78. The number of rotatable bonds is 3. The Hall–Kier alpha value is -1.39. The van der Waals surface area contributed by atoms with Crippen LogP contribution in [0.2, 0.25) is 0 Å². The Morgan fingerprint density at radius 1 is 1.14 bits per heavy atom. The van der Waals surface area contributed by atoms with Crippen LogP contribution in [0.5, 0.6) is 0 Å². The maximum Gasteiger partial charge on any atom is 0.106 e. The molecule has 0 radical (unpaired) electrons. The highest BCUT2D eigenvalue weighted by Gasteiger charge is 2.15. The minimum atomic E-state index is 0.268. The fourth-order valence-corrected chi connectivity index (χ4v) is 4.20. The third-order valence-corrected chi connectivity index (χ3v) is 5.59. The van der Waals surface area contributed by atoms with E-state index in [1.807, 2.05) is 24.3 Å². The van der Waals surface area contributed by atoms with Crippen LogP contribution < -0.4 is 5.32 Å². The van der Waals surface area contributed by atoms with Crippen molar-refractivity contribution in [3.8, 4) is 0 Å². The Labute approximate surface area is 137 Å². The molecule has 0 saturated heterocycles. The zero-order valence-corrected chi connectivity index (χ0v) is 14.7. The second-order valence-electron chi connectivity index (χ2n) is 5.22. The quantitative estimate of drug-likeness (QED) is 0.592. The number of nitrogens with one attached hydrogen (secondary N) is 1. The smallest absolute Gasteiger partial charge is 0.106 e. The van der Waals surface area contributed by atoms with Crippen molar-refractivity contribution >= 4 is 43.0 Å². The maximum absolute atomic E-state index is 4.44. The number of thiophene rings is 1. The molecule has 3 aromatic rings. The molecule has 2 heterocycles. The van der Waals surface area contributed by atoms with Gasteiger partial charge in [-0.25, -0.2) is 4.98 Å². The number of nitrogens with zero attached hydrogens (tertiary/aromatic N) is 1. The molecule has 2 aromatic heterocycles. The van der Waals surface area contributed by atoms with Gasteiger partial charge in [0.2, 0.25) is 0 Å². The van der Waals surface area contributed by atoms with E-state index >= 15 is 0 Å². The molecule has 1 atom stereocenters. The van der Waals surface area contributed by atoms with Crippen LogP contribution in [0, 0.1) is 13.8 Å². The number of anilines is 1. The van der Waals surface area contributed by atoms with Crippen LogP contribution in [0.3, 0.4) is 0 Å². The number of benzene rings is 1. The molecular weight excluding hydrogens is 344 g/mol. The van der Waals surface area contributed by atoms with Gasteiger partial charge in [-0.15, -0.1) is 11.3 Å². The molecular formula is C17H17BrN2S. The summed E-state index contributed by atoms with van der Waals surface area (Å²) < 4.78 is 2.22. The molecule has 4 heteroatoms. The van der Waals surface area contributed by atoms with Crippen LogP contribution in [-0.2, 0) is 0 Å². The molecule has 0 bridgehead atoms. The standard InChI is InChI=1S/C17H17BrN2S/c1-10-13-6-4-5-7-15(13)21-17(10)12(3)19-14-8-9-16(18)20-11(14)2/h4-9,12,19H,1-3H3. The average molecular weight is 361 g/mol. The highest BCUT2D eigenvalue weighted by molar-refractivity contribution is 9.10. The van der Waals surface area contributed by atoms with E-state index < -0.39 is 0 Å². The Kier molecular flexibility index (Phi) is 4.00. The maximum atomic E-state index is 4.44. The van der Waals surface area contributed by atoms with Gasteiger partial charge in [0.25, 0.3) is 0 Å². The van der Waals surface area contributed by atoms with Crippen molar-refractivity contribution in [1.82, 2.24) is 4.98 Å². The van der Waals surface area contributed by atoms with Gasteiger partial charge in [0.1, 0.15) is 4.60 Å². The molecule has 0 amide bonds. The average Bonchev–Trinajstić information content (AvgIpc) is 2.80. The van der Waals surface area contributed by atoms with Crippen molar-refractivity contribution < 1.29 is 0 Å². The largest absolute Gasteiger partial charge is 0.376 e. The fraction of sp³-hybridized carbons (Fsp3) is 0.235. The molecule has 1 aromatic carbocycles. The molecule has 1 unspecified atom stereocenters. The Balaban J connectivity index is 1.93. The van der Waals surface area contributed by atoms with Crippen LogP contribution >= 0.6 is 27.3 Å². The first-order chi connectivity index (χ1) is 10.1. The van der Waals surface area contributed by atoms with Crippen LogP contribution in [0.25, 0.3) is 10.1 Å². The van der Waals surface area contributed by atoms with E-state index in [1.54, 1.807) is 0 Å². The van der Waals surface area contributed by atoms with Gasteiger partial charge in [-0.05, 0) is 65.8 Å². The third-order valence-electron chi connectivity index (χ3n) is 3.70. The molecule has 0 aliphatic heterocycles. The van der Waals surface area contributed by atoms with Crippen molar-refractivity contribution in [3.63, 3.8) is 0 Å². The topological polar surface area (TPSA) is 24.9 Å². The zero-order chi connectivity index (χ0) is 15.0. The number of hydrogen-bond acceptors (Lipinski definition) is 3. The molecule has 0 saturated carbocycles. The summed E-state index contributed by atoms with van der Waals surface area (Å²) in [6, 6.07) is 12.9. The third kappa shape index (κ3) is 2.83. The summed E-state index contributed by atoms with van der Waals surface area (Å²) in [5.74, 6) is 0. The lowest BCUT2D eigenvalue weighted by Gasteiger charge is -2.16. The monoisotopic (exact) mass is 360 g/mol. The lowest BCUT2D eigenvalue weighted by molar-refractivity contribution is 0.893. The summed E-state index contributed by atoms with van der Waals surface area (Å²) in [6.07, 6.45) is 0. The molecule has 21 heavy (non-hydrogen) atoms. The number of hydrogen-bond donors (Lipinski definition) is 1. The minimum absolute atomic E-state index is 0.268. The van der Waals surface area contributed by atoms with E-state index in [9.17, 15) is 0 Å². The summed E-state index contributed by atoms with van der Waals surface area (Å²) in [4.78, 5) is 5.83. The van der Waals surface area contributed by atoms with E-state index in [2.05, 4.69) is 70.4 Å². The van der Waals surface area contributed by atoms with Gasteiger partial charge in [-0.2, -0.15) is 0 Å². The van der Waals surface area contributed by atoms with Crippen molar-refractivity contribution in [1.29, 1.82) is 0 Å². The number of halogens is 1. The van der Waals surface area contributed by atoms with Gasteiger partial charge in [-0.3, -0.25) is 0 Å². The van der Waals surface area contributed by atoms with Crippen molar-refractivity contribution in [3.05, 3.63) is 57.1 Å². The molecule has 0 aliphatic carbocycles. The van der Waals surface area contributed by atoms with Crippen molar-refractivity contribution in [2.45, 2.75) is 26.8 Å². The van der Waals surface area contributed by atoms with Crippen LogP contribution in [0.4, 0.5) is 5.69 Å². The fourth-order valence-electron chi connectivity index (χ4n) is 2.59. The van der Waals surface area contributed by atoms with Gasteiger partial charge in [0.15, 0.2) is 0 Å². The summed E-state index contributed by atoms with van der Waals surface area (Å²) in [5.41, 5.74) is 3.47. The zero-order valence-electron chi connectivity index (χ0n) is 12.3. The highest BCUT2D eigenvalue weighted by atomic mass is 79.9. The molecule has 108 valence electrons. The van der Waals surface area contributed by atoms with E-state index in [0.717, 1.165) is 16.0 Å². The normalized spacial score (nSPS) is 12.6. The molecule has 2 nitrogen and oxygen atoms in total. The molecule has 3 rings (SSSR count). The molecule has 0 fully saturated rings. The first-order valence-corrected chi connectivity index (χ1v) is 8.55.